The minimum atomic E-state index is -0.964. The van der Waals surface area contributed by atoms with Crippen LogP contribution in [0.1, 0.15) is 23.2 Å². The highest BCUT2D eigenvalue weighted by atomic mass is 16.5. The number of hydrogen-bond acceptors (Lipinski definition) is 4. The van der Waals surface area contributed by atoms with E-state index in [9.17, 15) is 4.79 Å². The molecule has 16 heavy (non-hydrogen) atoms. The summed E-state index contributed by atoms with van der Waals surface area (Å²) in [5.41, 5.74) is 0.203. The number of pyridine rings is 1. The summed E-state index contributed by atoms with van der Waals surface area (Å²) in [6.45, 7) is 1.81. The van der Waals surface area contributed by atoms with Gasteiger partial charge in [-0.1, -0.05) is 0 Å². The van der Waals surface area contributed by atoms with Crippen LogP contribution < -0.4 is 10.1 Å². The maximum absolute atomic E-state index is 10.7. The average Bonchev–Trinajstić information content (AvgIpc) is 2.30. The lowest BCUT2D eigenvalue weighted by Crippen LogP contribution is -2.37. The van der Waals surface area contributed by atoms with E-state index in [0.717, 1.165) is 25.9 Å². The number of carboxylic acids is 1. The lowest BCUT2D eigenvalue weighted by Gasteiger charge is -2.23. The SMILES string of the molecule is O=C(O)c1ccnc(O[C@H]2CCCNC2)c1. The minimum absolute atomic E-state index is 0.0882. The quantitative estimate of drug-likeness (QED) is 0.795. The zero-order valence-electron chi connectivity index (χ0n) is 8.85. The first-order valence-corrected chi connectivity index (χ1v) is 5.32. The second-order valence-electron chi connectivity index (χ2n) is 3.77. The van der Waals surface area contributed by atoms with E-state index in [1.807, 2.05) is 0 Å². The highest BCUT2D eigenvalue weighted by Crippen LogP contribution is 2.14. The number of nitrogens with zero attached hydrogens (tertiary/aromatic N) is 1. The molecule has 1 aliphatic heterocycles. The lowest BCUT2D eigenvalue weighted by atomic mass is 10.1. The molecule has 0 saturated carbocycles. The van der Waals surface area contributed by atoms with Crippen LogP contribution in [-0.2, 0) is 0 Å². The first-order chi connectivity index (χ1) is 7.75. The molecular formula is C11H14N2O3. The number of carboxylic acid groups (broad SMARTS) is 1. The van der Waals surface area contributed by atoms with E-state index in [2.05, 4.69) is 10.3 Å². The monoisotopic (exact) mass is 222 g/mol. The van der Waals surface area contributed by atoms with Gasteiger partial charge >= 0.3 is 5.97 Å². The molecule has 5 heteroatoms. The molecule has 5 nitrogen and oxygen atoms in total. The predicted octanol–water partition coefficient (Wildman–Crippen LogP) is 0.911. The van der Waals surface area contributed by atoms with Crippen LogP contribution in [0.25, 0.3) is 0 Å². The van der Waals surface area contributed by atoms with Gasteiger partial charge in [-0.25, -0.2) is 9.78 Å². The summed E-state index contributed by atoms with van der Waals surface area (Å²) in [4.78, 5) is 14.8. The minimum Gasteiger partial charge on any atom is -0.478 e. The fourth-order valence-corrected chi connectivity index (χ4v) is 1.70. The van der Waals surface area contributed by atoms with Crippen LogP contribution in [0.5, 0.6) is 5.88 Å². The lowest BCUT2D eigenvalue weighted by molar-refractivity contribution is 0.0695. The number of nitrogens with one attached hydrogen (secondary N) is 1. The van der Waals surface area contributed by atoms with Crippen molar-refractivity contribution in [3.05, 3.63) is 23.9 Å². The van der Waals surface area contributed by atoms with Gasteiger partial charge in [-0.3, -0.25) is 0 Å². The summed E-state index contributed by atoms with van der Waals surface area (Å²) in [5.74, 6) is -0.581. The van der Waals surface area contributed by atoms with Crippen molar-refractivity contribution in [3.8, 4) is 5.88 Å². The molecule has 1 aliphatic rings. The molecule has 1 aromatic heterocycles. The Morgan fingerprint density at radius 1 is 1.62 bits per heavy atom. The standard InChI is InChI=1S/C11H14N2O3/c14-11(15)8-3-5-13-10(6-8)16-9-2-1-4-12-7-9/h3,5-6,9,12H,1-2,4,7H2,(H,14,15)/t9-/m0/s1. The van der Waals surface area contributed by atoms with Gasteiger partial charge in [-0.15, -0.1) is 0 Å². The molecule has 0 amide bonds. The number of ether oxygens (including phenoxy) is 1. The fourth-order valence-electron chi connectivity index (χ4n) is 1.70. The summed E-state index contributed by atoms with van der Waals surface area (Å²) in [7, 11) is 0. The van der Waals surface area contributed by atoms with Gasteiger partial charge in [0.15, 0.2) is 0 Å². The van der Waals surface area contributed by atoms with Gasteiger partial charge in [0.2, 0.25) is 5.88 Å². The zero-order valence-corrected chi connectivity index (χ0v) is 8.85. The van der Waals surface area contributed by atoms with E-state index >= 15 is 0 Å². The summed E-state index contributed by atoms with van der Waals surface area (Å²) in [6, 6.07) is 2.91. The Bertz CT molecular complexity index is 375. The van der Waals surface area contributed by atoms with E-state index in [-0.39, 0.29) is 11.7 Å². The van der Waals surface area contributed by atoms with Crippen molar-refractivity contribution in [3.63, 3.8) is 0 Å². The Morgan fingerprint density at radius 2 is 2.50 bits per heavy atom. The molecule has 2 N–H and O–H groups in total. The second kappa shape index (κ2) is 4.94. The highest BCUT2D eigenvalue weighted by Gasteiger charge is 2.15. The van der Waals surface area contributed by atoms with Crippen LogP contribution >= 0.6 is 0 Å². The molecule has 0 aromatic carbocycles. The number of aromatic carboxylic acids is 1. The molecular weight excluding hydrogens is 208 g/mol. The Kier molecular flexibility index (Phi) is 3.36. The molecule has 2 heterocycles. The molecule has 2 rings (SSSR count). The molecule has 0 radical (unpaired) electrons. The summed E-state index contributed by atoms with van der Waals surface area (Å²) >= 11 is 0. The van der Waals surface area contributed by atoms with Gasteiger partial charge in [-0.2, -0.15) is 0 Å². The molecule has 0 bridgehead atoms. The molecule has 86 valence electrons. The Labute approximate surface area is 93.5 Å². The van der Waals surface area contributed by atoms with Gasteiger partial charge in [-0.05, 0) is 25.5 Å². The third kappa shape index (κ3) is 2.70. The van der Waals surface area contributed by atoms with E-state index in [1.165, 1.54) is 18.3 Å². The topological polar surface area (TPSA) is 71.5 Å². The smallest absolute Gasteiger partial charge is 0.335 e. The Morgan fingerprint density at radius 3 is 3.19 bits per heavy atom. The maximum Gasteiger partial charge on any atom is 0.335 e. The molecule has 1 fully saturated rings. The molecule has 0 aliphatic carbocycles. The van der Waals surface area contributed by atoms with E-state index in [4.69, 9.17) is 9.84 Å². The van der Waals surface area contributed by atoms with Crippen molar-refractivity contribution in [1.82, 2.24) is 10.3 Å². The summed E-state index contributed by atoms with van der Waals surface area (Å²) in [6.07, 6.45) is 3.59. The van der Waals surface area contributed by atoms with Crippen molar-refractivity contribution in [1.29, 1.82) is 0 Å². The molecule has 1 saturated heterocycles. The van der Waals surface area contributed by atoms with Gasteiger partial charge in [0.05, 0.1) is 5.56 Å². The highest BCUT2D eigenvalue weighted by molar-refractivity contribution is 5.87. The zero-order chi connectivity index (χ0) is 11.4. The fraction of sp³-hybridized carbons (Fsp3) is 0.455. The normalized spacial score (nSPS) is 20.4. The van der Waals surface area contributed by atoms with Crippen molar-refractivity contribution < 1.29 is 14.6 Å². The van der Waals surface area contributed by atoms with Crippen molar-refractivity contribution in [2.45, 2.75) is 18.9 Å². The third-order valence-corrected chi connectivity index (χ3v) is 2.52. The average molecular weight is 222 g/mol. The number of piperidine rings is 1. The van der Waals surface area contributed by atoms with Crippen molar-refractivity contribution in [2.75, 3.05) is 13.1 Å². The molecule has 1 atom stereocenters. The predicted molar refractivity (Wildman–Crippen MR) is 57.7 cm³/mol. The van der Waals surface area contributed by atoms with Crippen molar-refractivity contribution >= 4 is 5.97 Å². The number of rotatable bonds is 3. The van der Waals surface area contributed by atoms with E-state index in [1.54, 1.807) is 0 Å². The van der Waals surface area contributed by atoms with Crippen LogP contribution in [0, 0.1) is 0 Å². The first kappa shape index (κ1) is 10.9. The van der Waals surface area contributed by atoms with Crippen LogP contribution in [0.3, 0.4) is 0 Å². The third-order valence-electron chi connectivity index (χ3n) is 2.52. The number of aromatic nitrogens is 1. The van der Waals surface area contributed by atoms with E-state index < -0.39 is 5.97 Å². The summed E-state index contributed by atoms with van der Waals surface area (Å²) in [5, 5.41) is 12.0. The van der Waals surface area contributed by atoms with Gasteiger partial charge in [0.1, 0.15) is 6.10 Å². The first-order valence-electron chi connectivity index (χ1n) is 5.32. The maximum atomic E-state index is 10.7. The van der Waals surface area contributed by atoms with Gasteiger partial charge < -0.3 is 15.2 Å². The van der Waals surface area contributed by atoms with Crippen LogP contribution in [-0.4, -0.2) is 35.3 Å². The second-order valence-corrected chi connectivity index (χ2v) is 3.77. The number of carbonyl (C=O) groups is 1. The molecule has 0 spiro atoms. The Balaban J connectivity index is 2.02. The number of hydrogen-bond donors (Lipinski definition) is 2. The van der Waals surface area contributed by atoms with Crippen molar-refractivity contribution in [2.24, 2.45) is 0 Å². The summed E-state index contributed by atoms with van der Waals surface area (Å²) < 4.78 is 5.61. The van der Waals surface area contributed by atoms with Crippen LogP contribution in [0.15, 0.2) is 18.3 Å². The van der Waals surface area contributed by atoms with Crippen LogP contribution in [0.2, 0.25) is 0 Å². The van der Waals surface area contributed by atoms with Crippen LogP contribution in [0.4, 0.5) is 0 Å². The molecule has 0 unspecified atom stereocenters. The molecule has 1 aromatic rings. The van der Waals surface area contributed by atoms with Gasteiger partial charge in [0, 0.05) is 18.8 Å². The Hall–Kier alpha value is -1.62. The van der Waals surface area contributed by atoms with Gasteiger partial charge in [0.25, 0.3) is 0 Å². The van der Waals surface area contributed by atoms with E-state index in [0.29, 0.717) is 5.88 Å². The largest absolute Gasteiger partial charge is 0.478 e.